The fraction of sp³-hybridized carbons (Fsp3) is 0.562. The fourth-order valence-electron chi connectivity index (χ4n) is 1.81. The largest absolute Gasteiger partial charge is 0.362 e. The Morgan fingerprint density at radius 2 is 1.84 bits per heavy atom. The van der Waals surface area contributed by atoms with E-state index in [1.807, 2.05) is 0 Å². The van der Waals surface area contributed by atoms with Gasteiger partial charge in [-0.15, -0.1) is 0 Å². The lowest BCUT2D eigenvalue weighted by Crippen LogP contribution is -2.49. The smallest absolute Gasteiger partial charge is 0.166 e. The SMILES string of the molecule is CC(C)CNC(=S)NC(C)(C)CCc1ccccc1. The van der Waals surface area contributed by atoms with Crippen molar-refractivity contribution in [2.45, 2.75) is 46.1 Å². The van der Waals surface area contributed by atoms with E-state index in [1.54, 1.807) is 0 Å². The van der Waals surface area contributed by atoms with Crippen molar-refractivity contribution in [3.63, 3.8) is 0 Å². The third kappa shape index (κ3) is 7.16. The summed E-state index contributed by atoms with van der Waals surface area (Å²) < 4.78 is 0. The summed E-state index contributed by atoms with van der Waals surface area (Å²) in [6, 6.07) is 10.6. The van der Waals surface area contributed by atoms with Gasteiger partial charge in [-0.1, -0.05) is 44.2 Å². The molecular formula is C16H26N2S. The van der Waals surface area contributed by atoms with Gasteiger partial charge in [0, 0.05) is 12.1 Å². The summed E-state index contributed by atoms with van der Waals surface area (Å²) in [4.78, 5) is 0. The van der Waals surface area contributed by atoms with Crippen molar-refractivity contribution in [2.75, 3.05) is 6.54 Å². The number of hydrogen-bond donors (Lipinski definition) is 2. The van der Waals surface area contributed by atoms with E-state index in [4.69, 9.17) is 12.2 Å². The second kappa shape index (κ2) is 7.49. The molecule has 0 bridgehead atoms. The molecule has 0 saturated heterocycles. The Bertz CT molecular complexity index is 385. The predicted octanol–water partition coefficient (Wildman–Crippen LogP) is 3.52. The lowest BCUT2D eigenvalue weighted by molar-refractivity contribution is 0.421. The first-order valence-corrected chi connectivity index (χ1v) is 7.40. The molecule has 2 nitrogen and oxygen atoms in total. The summed E-state index contributed by atoms with van der Waals surface area (Å²) in [6.45, 7) is 9.66. The molecule has 0 fully saturated rings. The molecule has 1 rings (SSSR count). The maximum Gasteiger partial charge on any atom is 0.166 e. The molecule has 2 N–H and O–H groups in total. The van der Waals surface area contributed by atoms with Crippen molar-refractivity contribution in [3.05, 3.63) is 35.9 Å². The minimum absolute atomic E-state index is 0.0108. The highest BCUT2D eigenvalue weighted by atomic mass is 32.1. The second-order valence-electron chi connectivity index (χ2n) is 6.10. The molecule has 0 spiro atoms. The topological polar surface area (TPSA) is 24.1 Å². The van der Waals surface area contributed by atoms with E-state index in [2.05, 4.69) is 68.7 Å². The summed E-state index contributed by atoms with van der Waals surface area (Å²) in [7, 11) is 0. The number of rotatable bonds is 6. The number of benzene rings is 1. The van der Waals surface area contributed by atoms with Crippen LogP contribution in [0.25, 0.3) is 0 Å². The molecule has 3 heteroatoms. The maximum absolute atomic E-state index is 5.33. The second-order valence-corrected chi connectivity index (χ2v) is 6.51. The molecule has 0 unspecified atom stereocenters. The van der Waals surface area contributed by atoms with E-state index < -0.39 is 0 Å². The average Bonchev–Trinajstić information content (AvgIpc) is 2.35. The highest BCUT2D eigenvalue weighted by molar-refractivity contribution is 7.80. The van der Waals surface area contributed by atoms with Crippen molar-refractivity contribution >= 4 is 17.3 Å². The molecule has 1 aromatic carbocycles. The average molecular weight is 278 g/mol. The first kappa shape index (κ1) is 16.0. The number of nitrogens with one attached hydrogen (secondary N) is 2. The molecule has 0 radical (unpaired) electrons. The first-order chi connectivity index (χ1) is 8.89. The van der Waals surface area contributed by atoms with Crippen LogP contribution in [0, 0.1) is 5.92 Å². The summed E-state index contributed by atoms with van der Waals surface area (Å²) in [5, 5.41) is 7.42. The van der Waals surface area contributed by atoms with Crippen molar-refractivity contribution < 1.29 is 0 Å². The van der Waals surface area contributed by atoms with Gasteiger partial charge >= 0.3 is 0 Å². The Morgan fingerprint density at radius 3 is 2.42 bits per heavy atom. The zero-order valence-electron chi connectivity index (χ0n) is 12.5. The third-order valence-electron chi connectivity index (χ3n) is 3.00. The van der Waals surface area contributed by atoms with Crippen LogP contribution in [-0.2, 0) is 6.42 Å². The maximum atomic E-state index is 5.33. The van der Waals surface area contributed by atoms with Crippen molar-refractivity contribution in [3.8, 4) is 0 Å². The van der Waals surface area contributed by atoms with E-state index in [-0.39, 0.29) is 5.54 Å². The van der Waals surface area contributed by atoms with Gasteiger partial charge in [-0.3, -0.25) is 0 Å². The molecule has 0 aliphatic carbocycles. The molecule has 0 aliphatic rings. The quantitative estimate of drug-likeness (QED) is 0.779. The summed E-state index contributed by atoms with van der Waals surface area (Å²) in [5.41, 5.74) is 1.38. The van der Waals surface area contributed by atoms with E-state index >= 15 is 0 Å². The van der Waals surface area contributed by atoms with Crippen LogP contribution < -0.4 is 10.6 Å². The number of hydrogen-bond acceptors (Lipinski definition) is 1. The molecule has 0 heterocycles. The van der Waals surface area contributed by atoms with Crippen LogP contribution in [0.4, 0.5) is 0 Å². The molecule has 0 atom stereocenters. The predicted molar refractivity (Wildman–Crippen MR) is 87.4 cm³/mol. The Labute approximate surface area is 123 Å². The first-order valence-electron chi connectivity index (χ1n) is 6.99. The minimum Gasteiger partial charge on any atom is -0.362 e. The monoisotopic (exact) mass is 278 g/mol. The summed E-state index contributed by atoms with van der Waals surface area (Å²) >= 11 is 5.33. The fourth-order valence-corrected chi connectivity index (χ4v) is 2.17. The van der Waals surface area contributed by atoms with E-state index in [0.717, 1.165) is 24.5 Å². The van der Waals surface area contributed by atoms with Crippen molar-refractivity contribution in [1.29, 1.82) is 0 Å². The molecule has 19 heavy (non-hydrogen) atoms. The molecule has 106 valence electrons. The van der Waals surface area contributed by atoms with Gasteiger partial charge in [0.1, 0.15) is 0 Å². The lowest BCUT2D eigenvalue weighted by Gasteiger charge is -2.28. The number of thiocarbonyl (C=S) groups is 1. The Hall–Kier alpha value is -1.09. The normalized spacial score (nSPS) is 11.4. The third-order valence-corrected chi connectivity index (χ3v) is 3.25. The van der Waals surface area contributed by atoms with E-state index in [1.165, 1.54) is 5.56 Å². The zero-order chi connectivity index (χ0) is 14.3. The van der Waals surface area contributed by atoms with Crippen LogP contribution in [-0.4, -0.2) is 17.2 Å². The van der Waals surface area contributed by atoms with Crippen LogP contribution in [0.15, 0.2) is 30.3 Å². The zero-order valence-corrected chi connectivity index (χ0v) is 13.3. The van der Waals surface area contributed by atoms with Crippen LogP contribution in [0.5, 0.6) is 0 Å². The standard InChI is InChI=1S/C16H26N2S/c1-13(2)12-17-15(19)18-16(3,4)11-10-14-8-6-5-7-9-14/h5-9,13H,10-12H2,1-4H3,(H2,17,18,19). The van der Waals surface area contributed by atoms with Crippen LogP contribution in [0.2, 0.25) is 0 Å². The summed E-state index contributed by atoms with van der Waals surface area (Å²) in [6.07, 6.45) is 2.12. The Morgan fingerprint density at radius 1 is 1.21 bits per heavy atom. The van der Waals surface area contributed by atoms with Crippen LogP contribution in [0.1, 0.15) is 39.7 Å². The van der Waals surface area contributed by atoms with Crippen molar-refractivity contribution in [2.24, 2.45) is 5.92 Å². The van der Waals surface area contributed by atoms with E-state index in [9.17, 15) is 0 Å². The van der Waals surface area contributed by atoms with Gasteiger partial charge in [0.15, 0.2) is 5.11 Å². The van der Waals surface area contributed by atoms with Gasteiger partial charge in [0.05, 0.1) is 0 Å². The lowest BCUT2D eigenvalue weighted by atomic mass is 9.95. The van der Waals surface area contributed by atoms with Gasteiger partial charge in [-0.05, 0) is 50.4 Å². The molecule has 0 aromatic heterocycles. The van der Waals surface area contributed by atoms with E-state index in [0.29, 0.717) is 5.92 Å². The van der Waals surface area contributed by atoms with Gasteiger partial charge in [0.25, 0.3) is 0 Å². The van der Waals surface area contributed by atoms with Gasteiger partial charge < -0.3 is 10.6 Å². The molecular weight excluding hydrogens is 252 g/mol. The Balaban J connectivity index is 2.36. The van der Waals surface area contributed by atoms with Gasteiger partial charge in [-0.2, -0.15) is 0 Å². The van der Waals surface area contributed by atoms with Gasteiger partial charge in [0.2, 0.25) is 0 Å². The highest BCUT2D eigenvalue weighted by Gasteiger charge is 2.18. The van der Waals surface area contributed by atoms with Crippen LogP contribution in [0.3, 0.4) is 0 Å². The van der Waals surface area contributed by atoms with Crippen LogP contribution >= 0.6 is 12.2 Å². The molecule has 1 aromatic rings. The molecule has 0 aliphatic heterocycles. The molecule has 0 amide bonds. The van der Waals surface area contributed by atoms with Gasteiger partial charge in [-0.25, -0.2) is 0 Å². The summed E-state index contributed by atoms with van der Waals surface area (Å²) in [5.74, 6) is 0.604. The minimum atomic E-state index is 0.0108. The number of aryl methyl sites for hydroxylation is 1. The van der Waals surface area contributed by atoms with Crippen molar-refractivity contribution in [1.82, 2.24) is 10.6 Å². The Kier molecular flexibility index (Phi) is 6.29. The highest BCUT2D eigenvalue weighted by Crippen LogP contribution is 2.13. The molecule has 0 saturated carbocycles.